The summed E-state index contributed by atoms with van der Waals surface area (Å²) in [7, 11) is 9.87. The fraction of sp³-hybridized carbons (Fsp3) is 0.500. The zero-order valence-corrected chi connectivity index (χ0v) is 19.8. The standard InChI is InChI=1S/2C10H15.2ClH.Zr/c1-6-7(2)9(4)10(5)8(6)3;1-4-9-6-8(3)7-10(9)5-2;;;/h1-5H3;6-7H,4-5H2,1-3H3;2*1H;/q2*-1;;;+4/p-2. The summed E-state index contributed by atoms with van der Waals surface area (Å²) in [5, 5.41) is 0. The average molecular weight is 433 g/mol. The van der Waals surface area contributed by atoms with Gasteiger partial charge in [0.05, 0.1) is 0 Å². The monoisotopic (exact) mass is 430 g/mol. The van der Waals surface area contributed by atoms with Gasteiger partial charge in [-0.2, -0.15) is 45.0 Å². The molecule has 128 valence electrons. The maximum atomic E-state index is 4.93. The minimum absolute atomic E-state index is 0.826. The van der Waals surface area contributed by atoms with Crippen molar-refractivity contribution in [1.82, 2.24) is 0 Å². The second-order valence-electron chi connectivity index (χ2n) is 5.99. The van der Waals surface area contributed by atoms with E-state index < -0.39 is 20.8 Å². The van der Waals surface area contributed by atoms with E-state index in [1.54, 1.807) is 0 Å². The molecule has 0 aromatic heterocycles. The van der Waals surface area contributed by atoms with Gasteiger partial charge in [0, 0.05) is 0 Å². The van der Waals surface area contributed by atoms with Gasteiger partial charge in [0.25, 0.3) is 0 Å². The summed E-state index contributed by atoms with van der Waals surface area (Å²) in [5.74, 6) is 0. The van der Waals surface area contributed by atoms with Gasteiger partial charge >= 0.3 is 37.9 Å². The number of hydrogen-bond donors (Lipinski definition) is 0. The molecule has 0 amide bonds. The van der Waals surface area contributed by atoms with Gasteiger partial charge in [0.1, 0.15) is 0 Å². The molecule has 0 bridgehead atoms. The van der Waals surface area contributed by atoms with Gasteiger partial charge in [0.2, 0.25) is 0 Å². The number of rotatable bonds is 2. The molecule has 0 N–H and O–H groups in total. The van der Waals surface area contributed by atoms with E-state index in [2.05, 4.69) is 67.5 Å². The van der Waals surface area contributed by atoms with Crippen molar-refractivity contribution in [2.75, 3.05) is 0 Å². The Morgan fingerprint density at radius 1 is 0.957 bits per heavy atom. The molecule has 23 heavy (non-hydrogen) atoms. The van der Waals surface area contributed by atoms with Crippen LogP contribution in [0.5, 0.6) is 0 Å². The van der Waals surface area contributed by atoms with Crippen LogP contribution in [0.1, 0.15) is 58.4 Å². The van der Waals surface area contributed by atoms with Gasteiger partial charge < -0.3 is 0 Å². The summed E-state index contributed by atoms with van der Waals surface area (Å²) in [5.41, 5.74) is 11.8. The van der Waals surface area contributed by atoms with Crippen LogP contribution in [0.25, 0.3) is 0 Å². The summed E-state index contributed by atoms with van der Waals surface area (Å²) in [6.45, 7) is 17.6. The van der Waals surface area contributed by atoms with Crippen LogP contribution in [0.2, 0.25) is 0 Å². The molecular formula is C20H30Cl2Zr. The molecule has 0 fully saturated rings. The average Bonchev–Trinajstić information content (AvgIpc) is 2.98. The van der Waals surface area contributed by atoms with Crippen LogP contribution in [0.3, 0.4) is 0 Å². The van der Waals surface area contributed by atoms with Gasteiger partial charge in [-0.1, -0.05) is 68.2 Å². The van der Waals surface area contributed by atoms with Crippen molar-refractivity contribution in [3.8, 4) is 0 Å². The normalized spacial score (nSPS) is 9.48. The molecular weight excluding hydrogens is 402 g/mol. The SMILES string of the molecule is CCc1cc(C)c[c-]1CC.Cc1c(C)c(C)[c-](C)c1C.[Cl][Zr+2][Cl]. The molecule has 0 saturated heterocycles. The summed E-state index contributed by atoms with van der Waals surface area (Å²) < 4.78 is 0. The fourth-order valence-electron chi connectivity index (χ4n) is 2.84. The predicted octanol–water partition coefficient (Wildman–Crippen LogP) is 7.16. The minimum atomic E-state index is -0.826. The van der Waals surface area contributed by atoms with E-state index in [1.807, 2.05) is 0 Å². The molecule has 2 aromatic carbocycles. The van der Waals surface area contributed by atoms with Crippen molar-refractivity contribution in [2.24, 2.45) is 0 Å². The first-order valence-corrected chi connectivity index (χ1v) is 14.5. The molecule has 0 heterocycles. The third-order valence-electron chi connectivity index (χ3n) is 4.79. The molecule has 0 aliphatic rings. The van der Waals surface area contributed by atoms with Crippen LogP contribution in [0.15, 0.2) is 12.1 Å². The van der Waals surface area contributed by atoms with E-state index in [0.717, 1.165) is 0 Å². The Kier molecular flexibility index (Phi) is 11.8. The van der Waals surface area contributed by atoms with E-state index in [4.69, 9.17) is 17.0 Å². The Balaban J connectivity index is 0.000000360. The van der Waals surface area contributed by atoms with Crippen molar-refractivity contribution < 1.29 is 20.8 Å². The fourth-order valence-corrected chi connectivity index (χ4v) is 2.84. The molecule has 2 aromatic rings. The summed E-state index contributed by atoms with van der Waals surface area (Å²) in [6, 6.07) is 4.58. The summed E-state index contributed by atoms with van der Waals surface area (Å²) in [4.78, 5) is 0. The molecule has 0 aliphatic heterocycles. The van der Waals surface area contributed by atoms with E-state index in [1.165, 1.54) is 57.3 Å². The molecule has 0 unspecified atom stereocenters. The van der Waals surface area contributed by atoms with E-state index >= 15 is 0 Å². The Hall–Kier alpha value is 0.163. The van der Waals surface area contributed by atoms with Crippen molar-refractivity contribution in [1.29, 1.82) is 0 Å². The Labute approximate surface area is 162 Å². The summed E-state index contributed by atoms with van der Waals surface area (Å²) >= 11 is -0.826. The van der Waals surface area contributed by atoms with Crippen LogP contribution in [-0.4, -0.2) is 0 Å². The van der Waals surface area contributed by atoms with Crippen molar-refractivity contribution in [2.45, 2.75) is 68.2 Å². The van der Waals surface area contributed by atoms with Gasteiger partial charge in [-0.3, -0.25) is 0 Å². The van der Waals surface area contributed by atoms with Gasteiger partial charge in [-0.15, -0.1) is 0 Å². The maximum absolute atomic E-state index is 4.93. The predicted molar refractivity (Wildman–Crippen MR) is 103 cm³/mol. The molecule has 0 radical (unpaired) electrons. The van der Waals surface area contributed by atoms with Crippen molar-refractivity contribution >= 4 is 17.0 Å². The van der Waals surface area contributed by atoms with Crippen molar-refractivity contribution in [3.05, 3.63) is 56.6 Å². The first kappa shape index (κ1) is 23.2. The van der Waals surface area contributed by atoms with Crippen LogP contribution >= 0.6 is 17.0 Å². The van der Waals surface area contributed by atoms with Crippen LogP contribution in [0, 0.1) is 41.5 Å². The van der Waals surface area contributed by atoms with Gasteiger partial charge in [0.15, 0.2) is 0 Å². The second-order valence-corrected chi connectivity index (χ2v) is 9.72. The third kappa shape index (κ3) is 6.89. The molecule has 0 atom stereocenters. The third-order valence-corrected chi connectivity index (χ3v) is 4.79. The molecule has 0 spiro atoms. The van der Waals surface area contributed by atoms with E-state index in [9.17, 15) is 0 Å². The second kappa shape index (κ2) is 11.7. The van der Waals surface area contributed by atoms with Crippen LogP contribution in [0.4, 0.5) is 0 Å². The van der Waals surface area contributed by atoms with Gasteiger partial charge in [-0.25, -0.2) is 11.6 Å². The number of hydrogen-bond acceptors (Lipinski definition) is 0. The quantitative estimate of drug-likeness (QED) is 0.442. The Morgan fingerprint density at radius 3 is 1.61 bits per heavy atom. The number of aryl methyl sites for hydroxylation is 3. The first-order chi connectivity index (χ1) is 10.7. The van der Waals surface area contributed by atoms with Crippen LogP contribution in [-0.2, 0) is 33.7 Å². The van der Waals surface area contributed by atoms with Crippen LogP contribution < -0.4 is 0 Å². The molecule has 0 aliphatic carbocycles. The molecule has 3 heteroatoms. The topological polar surface area (TPSA) is 0 Å². The Morgan fingerprint density at radius 2 is 1.39 bits per heavy atom. The van der Waals surface area contributed by atoms with E-state index in [0.29, 0.717) is 0 Å². The Bertz CT molecular complexity index is 489. The first-order valence-electron chi connectivity index (χ1n) is 8.15. The molecule has 0 nitrogen and oxygen atoms in total. The zero-order valence-electron chi connectivity index (χ0n) is 15.8. The molecule has 2 rings (SSSR count). The summed E-state index contributed by atoms with van der Waals surface area (Å²) in [6.07, 6.45) is 2.36. The van der Waals surface area contributed by atoms with Gasteiger partial charge in [-0.05, 0) is 0 Å². The van der Waals surface area contributed by atoms with E-state index in [-0.39, 0.29) is 0 Å². The zero-order chi connectivity index (χ0) is 18.2. The van der Waals surface area contributed by atoms with Crippen molar-refractivity contribution in [3.63, 3.8) is 0 Å². The molecule has 0 saturated carbocycles. The number of halogens is 2.